The van der Waals surface area contributed by atoms with E-state index in [1.54, 1.807) is 6.07 Å². The Hall–Kier alpha value is -1.03. The summed E-state index contributed by atoms with van der Waals surface area (Å²) >= 11 is 9.44. The Morgan fingerprint density at radius 3 is 2.61 bits per heavy atom. The highest BCUT2D eigenvalue weighted by molar-refractivity contribution is 9.10. The molecule has 0 aliphatic carbocycles. The van der Waals surface area contributed by atoms with Crippen molar-refractivity contribution in [3.63, 3.8) is 0 Å². The number of rotatable bonds is 3. The van der Waals surface area contributed by atoms with Gasteiger partial charge in [-0.3, -0.25) is 0 Å². The van der Waals surface area contributed by atoms with E-state index in [4.69, 9.17) is 22.1 Å². The number of nitrogens with two attached hydrogens (primary N) is 1. The van der Waals surface area contributed by atoms with E-state index in [9.17, 15) is 0 Å². The molecule has 0 fully saturated rings. The molecule has 0 aromatic heterocycles. The fourth-order valence-electron chi connectivity index (χ4n) is 1.56. The van der Waals surface area contributed by atoms with Gasteiger partial charge in [-0.25, -0.2) is 0 Å². The molecule has 0 spiro atoms. The maximum atomic E-state index is 5.96. The second-order valence-corrected chi connectivity index (χ2v) is 5.27. The first-order valence-electron chi connectivity index (χ1n) is 5.52. The zero-order valence-corrected chi connectivity index (χ0v) is 12.3. The quantitative estimate of drug-likeness (QED) is 0.890. The van der Waals surface area contributed by atoms with Crippen LogP contribution in [0.3, 0.4) is 0 Å². The van der Waals surface area contributed by atoms with Gasteiger partial charge in [0, 0.05) is 11.6 Å². The molecule has 2 nitrogen and oxygen atoms in total. The Balaban J connectivity index is 2.31. The average Bonchev–Trinajstić information content (AvgIpc) is 2.36. The van der Waals surface area contributed by atoms with Gasteiger partial charge in [0.25, 0.3) is 0 Å². The highest BCUT2D eigenvalue weighted by atomic mass is 79.9. The fraction of sp³-hybridized carbons (Fsp3) is 0.143. The van der Waals surface area contributed by atoms with Crippen LogP contribution in [0.25, 0.3) is 0 Å². The van der Waals surface area contributed by atoms with E-state index in [-0.39, 0.29) is 0 Å². The predicted molar refractivity (Wildman–Crippen MR) is 78.3 cm³/mol. The van der Waals surface area contributed by atoms with Gasteiger partial charge in [-0.1, -0.05) is 23.7 Å². The number of hydrogen-bond acceptors (Lipinski definition) is 2. The standard InChI is InChI=1S/C14H13BrClNO/c1-9-2-4-11(16)7-14(9)18-13-5-3-10(8-17)6-12(13)15/h2-7H,8,17H2,1H3. The van der Waals surface area contributed by atoms with Crippen molar-refractivity contribution in [1.82, 2.24) is 0 Å². The van der Waals surface area contributed by atoms with Gasteiger partial charge in [0.15, 0.2) is 0 Å². The first-order chi connectivity index (χ1) is 8.60. The minimum absolute atomic E-state index is 0.509. The van der Waals surface area contributed by atoms with Crippen LogP contribution in [0.5, 0.6) is 11.5 Å². The maximum absolute atomic E-state index is 5.96. The van der Waals surface area contributed by atoms with Gasteiger partial charge >= 0.3 is 0 Å². The van der Waals surface area contributed by atoms with Crippen LogP contribution in [0.1, 0.15) is 11.1 Å². The Morgan fingerprint density at radius 2 is 1.94 bits per heavy atom. The number of hydrogen-bond donors (Lipinski definition) is 1. The maximum Gasteiger partial charge on any atom is 0.141 e. The second kappa shape index (κ2) is 5.74. The first kappa shape index (κ1) is 13.4. The van der Waals surface area contributed by atoms with Crippen LogP contribution < -0.4 is 10.5 Å². The van der Waals surface area contributed by atoms with Crippen LogP contribution in [-0.4, -0.2) is 0 Å². The summed E-state index contributed by atoms with van der Waals surface area (Å²) in [4.78, 5) is 0. The van der Waals surface area contributed by atoms with Gasteiger partial charge in [-0.2, -0.15) is 0 Å². The zero-order valence-electron chi connectivity index (χ0n) is 9.91. The van der Waals surface area contributed by atoms with Crippen molar-refractivity contribution in [3.05, 3.63) is 57.0 Å². The van der Waals surface area contributed by atoms with Crippen LogP contribution in [-0.2, 0) is 6.54 Å². The van der Waals surface area contributed by atoms with E-state index in [2.05, 4.69) is 15.9 Å². The Kier molecular flexibility index (Phi) is 4.27. The SMILES string of the molecule is Cc1ccc(Cl)cc1Oc1ccc(CN)cc1Br. The first-order valence-corrected chi connectivity index (χ1v) is 6.70. The van der Waals surface area contributed by atoms with Crippen LogP contribution in [0.2, 0.25) is 5.02 Å². The van der Waals surface area contributed by atoms with E-state index in [0.29, 0.717) is 11.6 Å². The van der Waals surface area contributed by atoms with Crippen LogP contribution in [0.15, 0.2) is 40.9 Å². The Bertz CT molecular complexity index is 572. The van der Waals surface area contributed by atoms with Gasteiger partial charge in [-0.05, 0) is 58.2 Å². The molecule has 0 aliphatic heterocycles. The largest absolute Gasteiger partial charge is 0.456 e. The van der Waals surface area contributed by atoms with Crippen molar-refractivity contribution < 1.29 is 4.74 Å². The molecule has 0 bridgehead atoms. The lowest BCUT2D eigenvalue weighted by Gasteiger charge is -2.11. The van der Waals surface area contributed by atoms with Crippen molar-refractivity contribution in [2.75, 3.05) is 0 Å². The fourth-order valence-corrected chi connectivity index (χ4v) is 2.23. The molecule has 2 aromatic rings. The Morgan fingerprint density at radius 1 is 1.17 bits per heavy atom. The van der Waals surface area contributed by atoms with E-state index < -0.39 is 0 Å². The second-order valence-electron chi connectivity index (χ2n) is 3.98. The predicted octanol–water partition coefficient (Wildman–Crippen LogP) is 4.66. The molecule has 0 saturated heterocycles. The molecule has 2 aromatic carbocycles. The molecule has 0 atom stereocenters. The third-order valence-corrected chi connectivity index (χ3v) is 3.46. The molecular formula is C14H13BrClNO. The van der Waals surface area contributed by atoms with Crippen molar-refractivity contribution >= 4 is 27.5 Å². The lowest BCUT2D eigenvalue weighted by molar-refractivity contribution is 0.475. The van der Waals surface area contributed by atoms with Gasteiger partial charge in [-0.15, -0.1) is 0 Å². The molecule has 0 aliphatic rings. The normalized spacial score (nSPS) is 10.4. The zero-order chi connectivity index (χ0) is 13.1. The van der Waals surface area contributed by atoms with Crippen molar-refractivity contribution in [2.24, 2.45) is 5.73 Å². The summed E-state index contributed by atoms with van der Waals surface area (Å²) in [6.45, 7) is 2.49. The third kappa shape index (κ3) is 3.05. The molecule has 94 valence electrons. The van der Waals surface area contributed by atoms with Gasteiger partial charge < -0.3 is 10.5 Å². The summed E-state index contributed by atoms with van der Waals surface area (Å²) in [5, 5.41) is 0.658. The number of aryl methyl sites for hydroxylation is 1. The average molecular weight is 327 g/mol. The highest BCUT2D eigenvalue weighted by Gasteiger charge is 2.06. The monoisotopic (exact) mass is 325 g/mol. The summed E-state index contributed by atoms with van der Waals surface area (Å²) in [7, 11) is 0. The summed E-state index contributed by atoms with van der Waals surface area (Å²) in [6, 6.07) is 11.4. The summed E-state index contributed by atoms with van der Waals surface area (Å²) < 4.78 is 6.73. The molecule has 2 N–H and O–H groups in total. The van der Waals surface area contributed by atoms with Gasteiger partial charge in [0.1, 0.15) is 11.5 Å². The van der Waals surface area contributed by atoms with E-state index in [0.717, 1.165) is 27.1 Å². The van der Waals surface area contributed by atoms with Crippen molar-refractivity contribution in [2.45, 2.75) is 13.5 Å². The van der Waals surface area contributed by atoms with Gasteiger partial charge in [0.05, 0.1) is 4.47 Å². The van der Waals surface area contributed by atoms with E-state index in [1.807, 2.05) is 37.3 Å². The molecular weight excluding hydrogens is 314 g/mol. The molecule has 0 saturated carbocycles. The van der Waals surface area contributed by atoms with Crippen LogP contribution in [0.4, 0.5) is 0 Å². The van der Waals surface area contributed by atoms with Crippen molar-refractivity contribution in [1.29, 1.82) is 0 Å². The van der Waals surface area contributed by atoms with Crippen LogP contribution >= 0.6 is 27.5 Å². The summed E-state index contributed by atoms with van der Waals surface area (Å²) in [6.07, 6.45) is 0. The third-order valence-electron chi connectivity index (χ3n) is 2.60. The molecule has 4 heteroatoms. The number of halogens is 2. The summed E-state index contributed by atoms with van der Waals surface area (Å²) in [5.41, 5.74) is 7.68. The molecule has 0 radical (unpaired) electrons. The molecule has 18 heavy (non-hydrogen) atoms. The lowest BCUT2D eigenvalue weighted by atomic mass is 10.2. The number of benzene rings is 2. The smallest absolute Gasteiger partial charge is 0.141 e. The number of ether oxygens (including phenoxy) is 1. The summed E-state index contributed by atoms with van der Waals surface area (Å²) in [5.74, 6) is 1.50. The topological polar surface area (TPSA) is 35.2 Å². The molecule has 0 amide bonds. The molecule has 2 rings (SSSR count). The minimum Gasteiger partial charge on any atom is -0.456 e. The highest BCUT2D eigenvalue weighted by Crippen LogP contribution is 2.33. The van der Waals surface area contributed by atoms with E-state index >= 15 is 0 Å². The van der Waals surface area contributed by atoms with Gasteiger partial charge in [0.2, 0.25) is 0 Å². The minimum atomic E-state index is 0.509. The molecule has 0 heterocycles. The van der Waals surface area contributed by atoms with Crippen molar-refractivity contribution in [3.8, 4) is 11.5 Å². The molecule has 0 unspecified atom stereocenters. The Labute approximate surface area is 120 Å². The van der Waals surface area contributed by atoms with Crippen LogP contribution in [0, 0.1) is 6.92 Å². The van der Waals surface area contributed by atoms with E-state index in [1.165, 1.54) is 0 Å². The lowest BCUT2D eigenvalue weighted by Crippen LogP contribution is -1.96.